The molecule has 3 rings (SSSR count). The monoisotopic (exact) mass is 362 g/mol. The van der Waals surface area contributed by atoms with Crippen molar-refractivity contribution in [2.45, 2.75) is 52.9 Å². The fraction of sp³-hybridized carbons (Fsp3) is 0.400. The minimum absolute atomic E-state index is 0.297. The highest BCUT2D eigenvalue weighted by atomic mass is 16.5. The Balaban J connectivity index is 1.70. The number of carbonyl (C=O) groups excluding carboxylic acids is 1. The number of esters is 1. The normalized spacial score (nSPS) is 16.0. The van der Waals surface area contributed by atoms with Crippen molar-refractivity contribution in [1.29, 1.82) is 0 Å². The highest BCUT2D eigenvalue weighted by Gasteiger charge is 2.22. The molecule has 2 nitrogen and oxygen atoms in total. The van der Waals surface area contributed by atoms with Crippen LogP contribution in [-0.2, 0) is 24.0 Å². The average Bonchev–Trinajstić information content (AvgIpc) is 2.80. The van der Waals surface area contributed by atoms with Crippen LogP contribution in [0.5, 0.6) is 0 Å². The van der Waals surface area contributed by atoms with Gasteiger partial charge in [0.05, 0.1) is 12.7 Å². The maximum absolute atomic E-state index is 11.5. The molecule has 0 aliphatic heterocycles. The minimum Gasteiger partial charge on any atom is -0.465 e. The van der Waals surface area contributed by atoms with Gasteiger partial charge in [-0.05, 0) is 84.4 Å². The Bertz CT molecular complexity index is 841. The van der Waals surface area contributed by atoms with E-state index < -0.39 is 0 Å². The molecule has 2 heteroatoms. The quantitative estimate of drug-likeness (QED) is 0.497. The van der Waals surface area contributed by atoms with Crippen molar-refractivity contribution in [2.75, 3.05) is 7.11 Å². The zero-order valence-electron chi connectivity index (χ0n) is 17.0. The van der Waals surface area contributed by atoms with E-state index in [0.29, 0.717) is 11.0 Å². The maximum atomic E-state index is 11.5. The molecule has 27 heavy (non-hydrogen) atoms. The van der Waals surface area contributed by atoms with E-state index in [1.54, 1.807) is 17.7 Å². The summed E-state index contributed by atoms with van der Waals surface area (Å²) in [7, 11) is 1.40. The van der Waals surface area contributed by atoms with Crippen molar-refractivity contribution < 1.29 is 9.53 Å². The molecule has 0 spiro atoms. The largest absolute Gasteiger partial charge is 0.465 e. The lowest BCUT2D eigenvalue weighted by Crippen LogP contribution is -2.10. The Kier molecular flexibility index (Phi) is 5.84. The number of ether oxygens (including phenoxy) is 1. The van der Waals surface area contributed by atoms with Crippen molar-refractivity contribution in [2.24, 2.45) is 5.41 Å². The Labute approximate surface area is 163 Å². The summed E-state index contributed by atoms with van der Waals surface area (Å²) >= 11 is 0. The zero-order chi connectivity index (χ0) is 19.4. The molecule has 0 bridgehead atoms. The van der Waals surface area contributed by atoms with Gasteiger partial charge in [-0.3, -0.25) is 0 Å². The molecule has 0 saturated carbocycles. The molecule has 0 aromatic heterocycles. The number of benzene rings is 2. The average molecular weight is 363 g/mol. The smallest absolute Gasteiger partial charge is 0.337 e. The fourth-order valence-corrected chi connectivity index (χ4v) is 3.79. The lowest BCUT2D eigenvalue weighted by molar-refractivity contribution is 0.0600. The summed E-state index contributed by atoms with van der Waals surface area (Å²) < 4.78 is 4.74. The summed E-state index contributed by atoms with van der Waals surface area (Å²) in [5, 5.41) is 0. The topological polar surface area (TPSA) is 26.3 Å². The van der Waals surface area contributed by atoms with Gasteiger partial charge < -0.3 is 4.74 Å². The minimum atomic E-state index is -0.297. The molecule has 0 saturated heterocycles. The van der Waals surface area contributed by atoms with E-state index in [4.69, 9.17) is 4.74 Å². The van der Waals surface area contributed by atoms with Gasteiger partial charge in [-0.25, -0.2) is 4.79 Å². The van der Waals surface area contributed by atoms with E-state index >= 15 is 0 Å². The molecular weight excluding hydrogens is 332 g/mol. The van der Waals surface area contributed by atoms with Gasteiger partial charge in [0, 0.05) is 0 Å². The summed E-state index contributed by atoms with van der Waals surface area (Å²) in [4.78, 5) is 11.5. The second-order valence-corrected chi connectivity index (χ2v) is 8.43. The van der Waals surface area contributed by atoms with Crippen LogP contribution in [0.1, 0.15) is 64.9 Å². The van der Waals surface area contributed by atoms with E-state index in [0.717, 1.165) is 12.0 Å². The Morgan fingerprint density at radius 2 is 1.70 bits per heavy atom. The van der Waals surface area contributed by atoms with Crippen LogP contribution in [0.15, 0.2) is 42.5 Å². The molecule has 0 amide bonds. The molecule has 0 radical (unpaired) electrons. The van der Waals surface area contributed by atoms with Gasteiger partial charge in [0.15, 0.2) is 0 Å². The molecular formula is C25H30O2. The predicted octanol–water partition coefficient (Wildman–Crippen LogP) is 5.94. The second-order valence-electron chi connectivity index (χ2n) is 8.43. The number of rotatable bonds is 4. The predicted molar refractivity (Wildman–Crippen MR) is 112 cm³/mol. The molecule has 0 N–H and O–H groups in total. The van der Waals surface area contributed by atoms with Gasteiger partial charge in [0.25, 0.3) is 0 Å². The summed E-state index contributed by atoms with van der Waals surface area (Å²) in [5.41, 5.74) is 8.01. The standard InChI is InChI=1S/C25H30O2/c1-18-16-22-12-14-25(2,3)15-13-23(22)17-21(18)7-5-6-19-8-10-20(11-9-19)24(26)27-4/h5-6,8-11,16-17H,7,12-15H2,1-4H3/b6-5+. The van der Waals surface area contributed by atoms with Crippen LogP contribution < -0.4 is 0 Å². The molecule has 142 valence electrons. The lowest BCUT2D eigenvalue weighted by Gasteiger charge is -2.21. The number of carbonyl (C=O) groups is 1. The van der Waals surface area contributed by atoms with Gasteiger partial charge in [-0.2, -0.15) is 0 Å². The molecule has 2 aromatic carbocycles. The second kappa shape index (κ2) is 8.12. The van der Waals surface area contributed by atoms with E-state index in [2.05, 4.69) is 45.1 Å². The summed E-state index contributed by atoms with van der Waals surface area (Å²) in [5.74, 6) is -0.297. The van der Waals surface area contributed by atoms with Crippen LogP contribution in [0.4, 0.5) is 0 Å². The third-order valence-electron chi connectivity index (χ3n) is 5.78. The van der Waals surface area contributed by atoms with E-state index in [1.165, 1.54) is 49.5 Å². The fourth-order valence-electron chi connectivity index (χ4n) is 3.79. The number of aryl methyl sites for hydroxylation is 3. The van der Waals surface area contributed by atoms with Crippen molar-refractivity contribution >= 4 is 12.0 Å². The Morgan fingerprint density at radius 3 is 2.33 bits per heavy atom. The number of methoxy groups -OCH3 is 1. The highest BCUT2D eigenvalue weighted by Crippen LogP contribution is 2.34. The first kappa shape index (κ1) is 19.4. The van der Waals surface area contributed by atoms with Crippen LogP contribution in [0.25, 0.3) is 6.08 Å². The molecule has 0 fully saturated rings. The third-order valence-corrected chi connectivity index (χ3v) is 5.78. The van der Waals surface area contributed by atoms with Crippen molar-refractivity contribution in [3.63, 3.8) is 0 Å². The van der Waals surface area contributed by atoms with E-state index in [1.807, 2.05) is 12.1 Å². The van der Waals surface area contributed by atoms with E-state index in [9.17, 15) is 4.79 Å². The van der Waals surface area contributed by atoms with Crippen molar-refractivity contribution in [1.82, 2.24) is 0 Å². The maximum Gasteiger partial charge on any atom is 0.337 e. The summed E-state index contributed by atoms with van der Waals surface area (Å²) in [6.07, 6.45) is 10.2. The molecule has 1 aliphatic carbocycles. The molecule has 2 aromatic rings. The zero-order valence-corrected chi connectivity index (χ0v) is 17.0. The summed E-state index contributed by atoms with van der Waals surface area (Å²) in [6, 6.07) is 12.4. The molecule has 0 heterocycles. The van der Waals surface area contributed by atoms with E-state index in [-0.39, 0.29) is 5.97 Å². The molecule has 0 atom stereocenters. The SMILES string of the molecule is COC(=O)c1ccc(/C=C/Cc2cc3c(cc2C)CCC(C)(C)CC3)cc1. The first-order valence-electron chi connectivity index (χ1n) is 9.84. The first-order chi connectivity index (χ1) is 12.9. The van der Waals surface area contributed by atoms with Crippen LogP contribution in [0, 0.1) is 12.3 Å². The lowest BCUT2D eigenvalue weighted by atomic mass is 9.85. The number of allylic oxidation sites excluding steroid dienone is 1. The number of hydrogen-bond donors (Lipinski definition) is 0. The van der Waals surface area contributed by atoms with Crippen LogP contribution in [0.2, 0.25) is 0 Å². The Morgan fingerprint density at radius 1 is 1.07 bits per heavy atom. The van der Waals surface area contributed by atoms with Crippen molar-refractivity contribution in [3.8, 4) is 0 Å². The van der Waals surface area contributed by atoms with Gasteiger partial charge >= 0.3 is 5.97 Å². The van der Waals surface area contributed by atoms with Crippen LogP contribution in [0.3, 0.4) is 0 Å². The van der Waals surface area contributed by atoms with Gasteiger partial charge in [-0.1, -0.05) is 50.3 Å². The number of hydrogen-bond acceptors (Lipinski definition) is 2. The Hall–Kier alpha value is -2.35. The first-order valence-corrected chi connectivity index (χ1v) is 9.84. The van der Waals surface area contributed by atoms with Gasteiger partial charge in [-0.15, -0.1) is 0 Å². The van der Waals surface area contributed by atoms with Gasteiger partial charge in [0.1, 0.15) is 0 Å². The summed E-state index contributed by atoms with van der Waals surface area (Å²) in [6.45, 7) is 7.01. The van der Waals surface area contributed by atoms with Gasteiger partial charge in [0.2, 0.25) is 0 Å². The number of fused-ring (bicyclic) bond motifs is 1. The van der Waals surface area contributed by atoms with Crippen LogP contribution in [-0.4, -0.2) is 13.1 Å². The van der Waals surface area contributed by atoms with Crippen molar-refractivity contribution in [3.05, 3.63) is 75.9 Å². The third kappa shape index (κ3) is 4.88. The molecule has 1 aliphatic rings. The highest BCUT2D eigenvalue weighted by molar-refractivity contribution is 5.89. The molecule has 0 unspecified atom stereocenters. The van der Waals surface area contributed by atoms with Crippen LogP contribution >= 0.6 is 0 Å².